The number of nitrogens with one attached hydrogen (secondary N) is 2. The van der Waals surface area contributed by atoms with Crippen molar-refractivity contribution in [3.8, 4) is 5.75 Å². The van der Waals surface area contributed by atoms with E-state index in [0.29, 0.717) is 5.56 Å². The van der Waals surface area contributed by atoms with Crippen LogP contribution >= 0.6 is 0 Å². The first-order chi connectivity index (χ1) is 17.5. The standard InChI is InChI=1S/C23H31N3O11/c1-12(2)35-21(32)16(8-5-14(28)9-25-24)26-23(33)34-11-13-3-6-15(7-4-13)36-22-20(31)19(30)18(29)17(10-27)37-22/h3-4,6-7,9,12,16-20,22,24,27,29-31H,5,8,10-11H2,1-2H3/p+1/t16-,17?,18+,19-,20+,22+/m0/s1. The lowest BCUT2D eigenvalue weighted by atomic mass is 9.99. The highest BCUT2D eigenvalue weighted by Crippen LogP contribution is 2.24. The normalized spacial score (nSPS) is 23.9. The van der Waals surface area contributed by atoms with E-state index >= 15 is 0 Å². The van der Waals surface area contributed by atoms with Crippen LogP contribution in [-0.4, -0.2) is 98.7 Å². The Labute approximate surface area is 212 Å². The average Bonchev–Trinajstić information content (AvgIpc) is 2.86. The maximum absolute atomic E-state index is 12.3. The first kappa shape index (κ1) is 29.8. The first-order valence-corrected chi connectivity index (χ1v) is 11.5. The van der Waals surface area contributed by atoms with Gasteiger partial charge in [-0.05, 0) is 38.0 Å². The van der Waals surface area contributed by atoms with Crippen LogP contribution in [0, 0.1) is 5.53 Å². The molecular weight excluding hydrogens is 494 g/mol. The van der Waals surface area contributed by atoms with Gasteiger partial charge in [-0.1, -0.05) is 12.1 Å². The molecule has 0 aromatic heterocycles. The van der Waals surface area contributed by atoms with Crippen LogP contribution in [0.4, 0.5) is 4.79 Å². The molecule has 0 spiro atoms. The zero-order chi connectivity index (χ0) is 27.5. The summed E-state index contributed by atoms with van der Waals surface area (Å²) in [6.07, 6.45) is -7.88. The number of carbonyl (C=O) groups is 3. The van der Waals surface area contributed by atoms with Crippen LogP contribution in [0.15, 0.2) is 24.3 Å². The number of rotatable bonds is 12. The van der Waals surface area contributed by atoms with E-state index in [9.17, 15) is 34.8 Å². The van der Waals surface area contributed by atoms with Gasteiger partial charge in [0.05, 0.1) is 23.0 Å². The van der Waals surface area contributed by atoms with Crippen LogP contribution in [0.2, 0.25) is 0 Å². The Kier molecular flexibility index (Phi) is 11.6. The number of benzene rings is 1. The lowest BCUT2D eigenvalue weighted by Gasteiger charge is -2.39. The molecular formula is C23H32N3O11+. The molecule has 204 valence electrons. The highest BCUT2D eigenvalue weighted by Gasteiger charge is 2.44. The summed E-state index contributed by atoms with van der Waals surface area (Å²) < 4.78 is 21.0. The minimum Gasteiger partial charge on any atom is -0.462 e. The molecule has 0 radical (unpaired) electrons. The van der Waals surface area contributed by atoms with Crippen molar-refractivity contribution in [2.24, 2.45) is 0 Å². The molecule has 14 nitrogen and oxygen atoms in total. The van der Waals surface area contributed by atoms with Crippen molar-refractivity contribution < 1.29 is 58.5 Å². The molecule has 1 unspecified atom stereocenters. The van der Waals surface area contributed by atoms with Gasteiger partial charge in [-0.3, -0.25) is 4.79 Å². The molecule has 1 aromatic carbocycles. The molecule has 1 amide bonds. The highest BCUT2D eigenvalue weighted by molar-refractivity contribution is 6.25. The molecule has 6 N–H and O–H groups in total. The summed E-state index contributed by atoms with van der Waals surface area (Å²) in [4.78, 5) is 39.0. The Balaban J connectivity index is 1.91. The molecule has 37 heavy (non-hydrogen) atoms. The molecule has 0 saturated carbocycles. The summed E-state index contributed by atoms with van der Waals surface area (Å²) in [7, 11) is 0. The molecule has 0 bridgehead atoms. The Bertz CT molecular complexity index is 963. The zero-order valence-corrected chi connectivity index (χ0v) is 20.4. The first-order valence-electron chi connectivity index (χ1n) is 11.5. The fourth-order valence-electron chi connectivity index (χ4n) is 3.28. The van der Waals surface area contributed by atoms with Gasteiger partial charge in [0.1, 0.15) is 42.8 Å². The molecule has 14 heteroatoms. The summed E-state index contributed by atoms with van der Waals surface area (Å²) in [5, 5.41) is 41.4. The van der Waals surface area contributed by atoms with Crippen LogP contribution in [0.3, 0.4) is 0 Å². The van der Waals surface area contributed by atoms with Crippen molar-refractivity contribution in [2.75, 3.05) is 6.61 Å². The molecule has 1 saturated heterocycles. The third-order valence-corrected chi connectivity index (χ3v) is 5.21. The zero-order valence-electron chi connectivity index (χ0n) is 20.4. The van der Waals surface area contributed by atoms with Crippen LogP contribution in [0.25, 0.3) is 0 Å². The summed E-state index contributed by atoms with van der Waals surface area (Å²) in [6, 6.07) is 4.93. The number of alkyl carbamates (subject to hydrolysis) is 1. The van der Waals surface area contributed by atoms with Gasteiger partial charge in [0.15, 0.2) is 0 Å². The fraction of sp³-hybridized carbons (Fsp3) is 0.565. The third kappa shape index (κ3) is 9.21. The molecule has 1 heterocycles. The van der Waals surface area contributed by atoms with E-state index < -0.39 is 67.3 Å². The second-order valence-corrected chi connectivity index (χ2v) is 8.48. The van der Waals surface area contributed by atoms with Crippen molar-refractivity contribution in [1.29, 1.82) is 5.53 Å². The molecule has 0 aliphatic carbocycles. The van der Waals surface area contributed by atoms with E-state index in [2.05, 4.69) is 10.1 Å². The summed E-state index contributed by atoms with van der Waals surface area (Å²) in [6.45, 7) is 2.50. The van der Waals surface area contributed by atoms with Crippen molar-refractivity contribution >= 4 is 24.1 Å². The number of hydrogen-bond acceptors (Lipinski definition) is 12. The Morgan fingerprint density at radius 2 is 1.81 bits per heavy atom. The minimum absolute atomic E-state index is 0.0739. The number of ether oxygens (including phenoxy) is 4. The number of ketones is 1. The number of aliphatic hydroxyl groups is 4. The van der Waals surface area contributed by atoms with Gasteiger partial charge in [0.2, 0.25) is 12.1 Å². The van der Waals surface area contributed by atoms with Crippen LogP contribution in [-0.2, 0) is 30.4 Å². The van der Waals surface area contributed by atoms with E-state index in [0.717, 1.165) is 6.21 Å². The Morgan fingerprint density at radius 3 is 2.41 bits per heavy atom. The molecule has 6 atom stereocenters. The number of nitrogens with zero attached hydrogens (tertiary/aromatic N) is 1. The van der Waals surface area contributed by atoms with Crippen molar-refractivity contribution in [3.05, 3.63) is 29.8 Å². The van der Waals surface area contributed by atoms with Gasteiger partial charge >= 0.3 is 18.3 Å². The van der Waals surface area contributed by atoms with E-state index in [1.807, 2.05) is 0 Å². The summed E-state index contributed by atoms with van der Waals surface area (Å²) in [5.74, 6) is -0.995. The highest BCUT2D eigenvalue weighted by atomic mass is 16.7. The number of esters is 1. The van der Waals surface area contributed by atoms with Crippen molar-refractivity contribution in [3.63, 3.8) is 0 Å². The van der Waals surface area contributed by atoms with Crippen LogP contribution in [0.5, 0.6) is 5.75 Å². The lowest BCUT2D eigenvalue weighted by Crippen LogP contribution is -2.60. The van der Waals surface area contributed by atoms with E-state index in [1.165, 1.54) is 12.1 Å². The number of carbonyl (C=O) groups excluding carboxylic acids is 3. The molecule has 1 aliphatic rings. The van der Waals surface area contributed by atoms with Gasteiger partial charge in [-0.25, -0.2) is 9.59 Å². The summed E-state index contributed by atoms with van der Waals surface area (Å²) in [5.41, 5.74) is 7.22. The Hall–Kier alpha value is -3.39. The van der Waals surface area contributed by atoms with E-state index in [-0.39, 0.29) is 25.2 Å². The predicted octanol–water partition coefficient (Wildman–Crippen LogP) is -0.929. The summed E-state index contributed by atoms with van der Waals surface area (Å²) >= 11 is 0. The SMILES string of the molecule is CC(C)OC(=O)[C@H](CCC(=O)C=[N+]=N)NC(=O)OCc1ccc(O[C@@H]2OC(CO)[C@@H](O)[C@H](O)[C@H]2O)cc1. The molecule has 1 fully saturated rings. The number of Topliss-reactive ketones (excluding diaryl/α,β-unsaturated/α-hetero) is 1. The smallest absolute Gasteiger partial charge is 0.408 e. The molecule has 1 aliphatic heterocycles. The predicted molar refractivity (Wildman–Crippen MR) is 122 cm³/mol. The maximum atomic E-state index is 12.3. The van der Waals surface area contributed by atoms with Gasteiger partial charge in [-0.2, -0.15) is 0 Å². The number of hydrogen-bond donors (Lipinski definition) is 6. The van der Waals surface area contributed by atoms with Gasteiger partial charge in [0.25, 0.3) is 0 Å². The van der Waals surface area contributed by atoms with Gasteiger partial charge in [-0.15, -0.1) is 0 Å². The average molecular weight is 527 g/mol. The largest absolute Gasteiger partial charge is 0.462 e. The van der Waals surface area contributed by atoms with Gasteiger partial charge in [0, 0.05) is 6.42 Å². The Morgan fingerprint density at radius 1 is 1.14 bits per heavy atom. The minimum atomic E-state index is -1.58. The van der Waals surface area contributed by atoms with E-state index in [4.69, 9.17) is 24.5 Å². The topological polar surface area (TPSA) is 219 Å². The number of aliphatic hydroxyl groups excluding tert-OH is 4. The second kappa shape index (κ2) is 14.4. The van der Waals surface area contributed by atoms with Crippen LogP contribution < -0.4 is 10.1 Å². The maximum Gasteiger partial charge on any atom is 0.408 e. The lowest BCUT2D eigenvalue weighted by molar-refractivity contribution is -0.277. The second-order valence-electron chi connectivity index (χ2n) is 8.48. The van der Waals surface area contributed by atoms with E-state index in [1.54, 1.807) is 26.0 Å². The van der Waals surface area contributed by atoms with Crippen molar-refractivity contribution in [1.82, 2.24) is 5.32 Å². The number of amides is 1. The van der Waals surface area contributed by atoms with Crippen LogP contribution in [0.1, 0.15) is 32.3 Å². The fourth-order valence-corrected chi connectivity index (χ4v) is 3.28. The third-order valence-electron chi connectivity index (χ3n) is 5.21. The van der Waals surface area contributed by atoms with Gasteiger partial charge < -0.3 is 44.7 Å². The molecule has 1 aromatic rings. The monoisotopic (exact) mass is 526 g/mol. The quantitative estimate of drug-likeness (QED) is 0.0845. The van der Waals surface area contributed by atoms with Crippen molar-refractivity contribution in [2.45, 2.75) is 76.1 Å². The molecule has 2 rings (SSSR count).